The van der Waals surface area contributed by atoms with E-state index < -0.39 is 18.3 Å². The Morgan fingerprint density at radius 3 is 2.27 bits per heavy atom. The summed E-state index contributed by atoms with van der Waals surface area (Å²) in [5.41, 5.74) is 4.90. The highest BCUT2D eigenvalue weighted by molar-refractivity contribution is 5.79. The number of alkyl carbamates (subject to hydrolysis) is 1. The number of methoxy groups -OCH3 is 1. The Bertz CT molecular complexity index is 1120. The number of hydrogen-bond donors (Lipinski definition) is 3. The van der Waals surface area contributed by atoms with Gasteiger partial charge in [-0.2, -0.15) is 0 Å². The Labute approximate surface area is 191 Å². The molecule has 0 radical (unpaired) electrons. The minimum Gasteiger partial charge on any atom is -0.497 e. The molecule has 33 heavy (non-hydrogen) atoms. The summed E-state index contributed by atoms with van der Waals surface area (Å²) in [6.07, 6.45) is -2.86. The molecule has 3 aromatic carbocycles. The lowest BCUT2D eigenvalue weighted by atomic mass is 9.98. The number of fused-ring (bicyclic) bond motifs is 3. The van der Waals surface area contributed by atoms with Crippen molar-refractivity contribution >= 4 is 12.4 Å². The number of aliphatic hydroxyl groups is 2. The van der Waals surface area contributed by atoms with Gasteiger partial charge in [-0.1, -0.05) is 48.5 Å². The maximum Gasteiger partial charge on any atom is 0.407 e. The number of benzene rings is 3. The topological polar surface area (TPSA) is 105 Å². The molecule has 2 atom stereocenters. The van der Waals surface area contributed by atoms with Gasteiger partial charge in [-0.05, 0) is 46.0 Å². The lowest BCUT2D eigenvalue weighted by Gasteiger charge is -2.21. The first-order valence-corrected chi connectivity index (χ1v) is 10.6. The SMILES string of the molecule is COc1ccc(C=O)c(C(O)C(O)CNC(=O)OCC2c3ccccc3-c3ccccc32)c1. The van der Waals surface area contributed by atoms with Crippen LogP contribution in [0.4, 0.5) is 4.79 Å². The van der Waals surface area contributed by atoms with Gasteiger partial charge in [0, 0.05) is 18.0 Å². The van der Waals surface area contributed by atoms with Gasteiger partial charge in [0.25, 0.3) is 0 Å². The van der Waals surface area contributed by atoms with Gasteiger partial charge in [0.1, 0.15) is 30.9 Å². The van der Waals surface area contributed by atoms with Crippen molar-refractivity contribution in [3.63, 3.8) is 0 Å². The smallest absolute Gasteiger partial charge is 0.407 e. The molecule has 2 unspecified atom stereocenters. The lowest BCUT2D eigenvalue weighted by Crippen LogP contribution is -2.36. The van der Waals surface area contributed by atoms with Gasteiger partial charge in [-0.3, -0.25) is 4.79 Å². The molecule has 1 aliphatic carbocycles. The summed E-state index contributed by atoms with van der Waals surface area (Å²) in [6, 6.07) is 20.6. The zero-order chi connectivity index (χ0) is 23.4. The molecule has 0 fully saturated rings. The molecule has 0 bridgehead atoms. The average Bonchev–Trinajstić information content (AvgIpc) is 3.18. The molecule has 0 aliphatic heterocycles. The Morgan fingerprint density at radius 2 is 1.67 bits per heavy atom. The van der Waals surface area contributed by atoms with Crippen molar-refractivity contribution in [1.82, 2.24) is 5.32 Å². The molecule has 1 amide bonds. The molecule has 0 heterocycles. The highest BCUT2D eigenvalue weighted by Crippen LogP contribution is 2.44. The maximum absolute atomic E-state index is 12.3. The monoisotopic (exact) mass is 447 g/mol. The highest BCUT2D eigenvalue weighted by Gasteiger charge is 2.29. The Balaban J connectivity index is 1.36. The van der Waals surface area contributed by atoms with Crippen LogP contribution in [0.25, 0.3) is 11.1 Å². The third kappa shape index (κ3) is 4.60. The zero-order valence-corrected chi connectivity index (χ0v) is 18.1. The van der Waals surface area contributed by atoms with E-state index in [2.05, 4.69) is 17.4 Å². The van der Waals surface area contributed by atoms with E-state index in [9.17, 15) is 19.8 Å². The molecule has 4 rings (SSSR count). The van der Waals surface area contributed by atoms with E-state index in [1.807, 2.05) is 36.4 Å². The molecule has 7 nitrogen and oxygen atoms in total. The number of hydrogen-bond acceptors (Lipinski definition) is 6. The predicted molar refractivity (Wildman–Crippen MR) is 122 cm³/mol. The van der Waals surface area contributed by atoms with Crippen LogP contribution in [0.5, 0.6) is 5.75 Å². The fourth-order valence-corrected chi connectivity index (χ4v) is 4.20. The van der Waals surface area contributed by atoms with Gasteiger partial charge in [-0.15, -0.1) is 0 Å². The molecule has 1 aliphatic rings. The summed E-state index contributed by atoms with van der Waals surface area (Å²) in [7, 11) is 1.46. The summed E-state index contributed by atoms with van der Waals surface area (Å²) < 4.78 is 10.6. The molecular weight excluding hydrogens is 422 g/mol. The van der Waals surface area contributed by atoms with Gasteiger partial charge in [-0.25, -0.2) is 4.79 Å². The van der Waals surface area contributed by atoms with Crippen LogP contribution in [-0.4, -0.2) is 49.0 Å². The van der Waals surface area contributed by atoms with Crippen molar-refractivity contribution in [3.05, 3.63) is 89.0 Å². The third-order valence-electron chi connectivity index (χ3n) is 5.90. The minimum absolute atomic E-state index is 0.0782. The summed E-state index contributed by atoms with van der Waals surface area (Å²) in [5, 5.41) is 23.3. The van der Waals surface area contributed by atoms with Crippen molar-refractivity contribution in [1.29, 1.82) is 0 Å². The standard InChI is InChI=1S/C26H25NO6/c1-32-17-11-10-16(14-28)22(12-17)25(30)24(29)13-27-26(31)33-15-23-20-8-4-2-6-18(20)19-7-3-5-9-21(19)23/h2-12,14,23-25,29-30H,13,15H2,1H3,(H,27,31). The number of ether oxygens (including phenoxy) is 2. The molecule has 170 valence electrons. The molecule has 3 aromatic rings. The van der Waals surface area contributed by atoms with E-state index >= 15 is 0 Å². The third-order valence-corrected chi connectivity index (χ3v) is 5.90. The summed E-state index contributed by atoms with van der Waals surface area (Å²) in [5.74, 6) is 0.358. The molecule has 3 N–H and O–H groups in total. The van der Waals surface area contributed by atoms with Crippen LogP contribution in [0.15, 0.2) is 66.7 Å². The summed E-state index contributed by atoms with van der Waals surface area (Å²) in [4.78, 5) is 23.6. The second-order valence-corrected chi connectivity index (χ2v) is 7.83. The first-order chi connectivity index (χ1) is 16.0. The second-order valence-electron chi connectivity index (χ2n) is 7.83. The Morgan fingerprint density at radius 1 is 1.03 bits per heavy atom. The van der Waals surface area contributed by atoms with E-state index in [0.29, 0.717) is 12.0 Å². The zero-order valence-electron chi connectivity index (χ0n) is 18.1. The molecule has 0 saturated heterocycles. The van der Waals surface area contributed by atoms with Crippen LogP contribution in [0.3, 0.4) is 0 Å². The van der Waals surface area contributed by atoms with Crippen LogP contribution in [0, 0.1) is 0 Å². The van der Waals surface area contributed by atoms with Crippen molar-refractivity contribution in [2.24, 2.45) is 0 Å². The van der Waals surface area contributed by atoms with Gasteiger partial charge < -0.3 is 25.0 Å². The summed E-state index contributed by atoms with van der Waals surface area (Å²) in [6.45, 7) is -0.114. The van der Waals surface area contributed by atoms with Crippen molar-refractivity contribution < 1.29 is 29.3 Å². The highest BCUT2D eigenvalue weighted by atomic mass is 16.5. The number of carbonyl (C=O) groups excluding carboxylic acids is 2. The Hall–Kier alpha value is -3.68. The van der Waals surface area contributed by atoms with Crippen molar-refractivity contribution in [2.75, 3.05) is 20.3 Å². The van der Waals surface area contributed by atoms with Gasteiger partial charge in [0.05, 0.1) is 7.11 Å². The van der Waals surface area contributed by atoms with Crippen LogP contribution in [-0.2, 0) is 4.74 Å². The van der Waals surface area contributed by atoms with Gasteiger partial charge >= 0.3 is 6.09 Å². The number of aldehydes is 1. The fourth-order valence-electron chi connectivity index (χ4n) is 4.20. The Kier molecular flexibility index (Phi) is 6.72. The number of aliphatic hydroxyl groups excluding tert-OH is 2. The van der Waals surface area contributed by atoms with E-state index in [1.165, 1.54) is 19.2 Å². The van der Waals surface area contributed by atoms with E-state index in [4.69, 9.17) is 9.47 Å². The lowest BCUT2D eigenvalue weighted by molar-refractivity contribution is 0.0181. The summed E-state index contributed by atoms with van der Waals surface area (Å²) >= 11 is 0. The second kappa shape index (κ2) is 9.85. The quantitative estimate of drug-likeness (QED) is 0.457. The first-order valence-electron chi connectivity index (χ1n) is 10.6. The van der Waals surface area contributed by atoms with Gasteiger partial charge in [0.2, 0.25) is 0 Å². The normalized spacial score (nSPS) is 14.0. The van der Waals surface area contributed by atoms with Gasteiger partial charge in [0.15, 0.2) is 0 Å². The van der Waals surface area contributed by atoms with E-state index in [0.717, 1.165) is 22.3 Å². The van der Waals surface area contributed by atoms with Crippen LogP contribution in [0.2, 0.25) is 0 Å². The van der Waals surface area contributed by atoms with Crippen LogP contribution < -0.4 is 10.1 Å². The predicted octanol–water partition coefficient (Wildman–Crippen LogP) is 3.44. The number of amides is 1. The van der Waals surface area contributed by atoms with Crippen LogP contribution >= 0.6 is 0 Å². The molecule has 0 saturated carbocycles. The van der Waals surface area contributed by atoms with E-state index in [-0.39, 0.29) is 30.2 Å². The largest absolute Gasteiger partial charge is 0.497 e. The minimum atomic E-state index is -1.39. The van der Waals surface area contributed by atoms with Crippen molar-refractivity contribution in [2.45, 2.75) is 18.1 Å². The molecule has 0 spiro atoms. The molecule has 0 aromatic heterocycles. The average molecular weight is 447 g/mol. The molecule has 7 heteroatoms. The number of rotatable bonds is 8. The molecular formula is C26H25NO6. The van der Waals surface area contributed by atoms with Crippen molar-refractivity contribution in [3.8, 4) is 16.9 Å². The van der Waals surface area contributed by atoms with E-state index in [1.54, 1.807) is 6.07 Å². The fraction of sp³-hybridized carbons (Fsp3) is 0.231. The number of nitrogens with one attached hydrogen (secondary N) is 1. The number of carbonyl (C=O) groups is 2. The first kappa shape index (κ1) is 22.5. The maximum atomic E-state index is 12.3. The van der Waals surface area contributed by atoms with Crippen LogP contribution in [0.1, 0.15) is 39.1 Å².